The number of nitrogen functional groups attached to an aromatic ring is 1. The van der Waals surface area contributed by atoms with E-state index in [-0.39, 0.29) is 5.71 Å². The van der Waals surface area contributed by atoms with E-state index in [1.807, 2.05) is 13.3 Å². The Hall–Kier alpha value is -1.38. The van der Waals surface area contributed by atoms with Gasteiger partial charge in [-0.1, -0.05) is 6.92 Å². The summed E-state index contributed by atoms with van der Waals surface area (Å²) >= 11 is 0. The van der Waals surface area contributed by atoms with Crippen molar-refractivity contribution in [2.24, 2.45) is 0 Å². The zero-order valence-electron chi connectivity index (χ0n) is 7.47. The summed E-state index contributed by atoms with van der Waals surface area (Å²) < 4.78 is 13.2. The fourth-order valence-corrected chi connectivity index (χ4v) is 1.09. The van der Waals surface area contributed by atoms with Crippen LogP contribution in [0.5, 0.6) is 0 Å². The molecule has 0 saturated carbocycles. The SMILES string of the molecule is C[CH]CC(=N)c1ccc(N)cc1F. The molecule has 0 aliphatic rings. The number of halogens is 1. The number of benzene rings is 1. The van der Waals surface area contributed by atoms with Gasteiger partial charge in [-0.05, 0) is 31.0 Å². The Bertz CT molecular complexity index is 321. The third-order valence-electron chi connectivity index (χ3n) is 1.73. The normalized spacial score (nSPS) is 10.0. The average molecular weight is 179 g/mol. The van der Waals surface area contributed by atoms with Crippen LogP contribution < -0.4 is 5.73 Å². The number of hydrogen-bond donors (Lipinski definition) is 2. The zero-order chi connectivity index (χ0) is 9.84. The maximum atomic E-state index is 13.2. The highest BCUT2D eigenvalue weighted by molar-refractivity contribution is 5.99. The quantitative estimate of drug-likeness (QED) is 0.543. The molecule has 1 rings (SSSR count). The maximum absolute atomic E-state index is 13.2. The molecule has 0 amide bonds. The largest absolute Gasteiger partial charge is 0.399 e. The lowest BCUT2D eigenvalue weighted by Gasteiger charge is -2.04. The molecule has 3 heteroatoms. The van der Waals surface area contributed by atoms with E-state index in [9.17, 15) is 4.39 Å². The van der Waals surface area contributed by atoms with Crippen molar-refractivity contribution >= 4 is 11.4 Å². The highest BCUT2D eigenvalue weighted by Gasteiger charge is 2.06. The summed E-state index contributed by atoms with van der Waals surface area (Å²) in [6.45, 7) is 1.84. The zero-order valence-corrected chi connectivity index (χ0v) is 7.47. The molecule has 0 fully saturated rings. The molecule has 13 heavy (non-hydrogen) atoms. The third-order valence-corrected chi connectivity index (χ3v) is 1.73. The van der Waals surface area contributed by atoms with Gasteiger partial charge >= 0.3 is 0 Å². The van der Waals surface area contributed by atoms with Gasteiger partial charge in [-0.3, -0.25) is 0 Å². The fourth-order valence-electron chi connectivity index (χ4n) is 1.09. The van der Waals surface area contributed by atoms with Gasteiger partial charge in [-0.2, -0.15) is 0 Å². The van der Waals surface area contributed by atoms with Crippen LogP contribution in [-0.4, -0.2) is 5.71 Å². The second-order valence-electron chi connectivity index (χ2n) is 2.83. The first-order chi connectivity index (χ1) is 6.15. The minimum atomic E-state index is -0.424. The molecule has 3 N–H and O–H groups in total. The van der Waals surface area contributed by atoms with Gasteiger partial charge in [-0.25, -0.2) is 4.39 Å². The van der Waals surface area contributed by atoms with Crippen molar-refractivity contribution in [3.8, 4) is 0 Å². The van der Waals surface area contributed by atoms with Gasteiger partial charge in [0.2, 0.25) is 0 Å². The van der Waals surface area contributed by atoms with Crippen LogP contribution in [0.25, 0.3) is 0 Å². The molecule has 0 aliphatic carbocycles. The van der Waals surface area contributed by atoms with Crippen molar-refractivity contribution < 1.29 is 4.39 Å². The van der Waals surface area contributed by atoms with E-state index in [1.54, 1.807) is 6.07 Å². The lowest BCUT2D eigenvalue weighted by atomic mass is 10.1. The molecular formula is C10H12FN2. The Labute approximate surface area is 77.1 Å². The van der Waals surface area contributed by atoms with Crippen LogP contribution >= 0.6 is 0 Å². The maximum Gasteiger partial charge on any atom is 0.134 e. The van der Waals surface area contributed by atoms with Gasteiger partial charge in [0, 0.05) is 17.0 Å². The molecule has 2 nitrogen and oxygen atoms in total. The first-order valence-electron chi connectivity index (χ1n) is 4.05. The highest BCUT2D eigenvalue weighted by Crippen LogP contribution is 2.13. The second kappa shape index (κ2) is 4.03. The van der Waals surface area contributed by atoms with Gasteiger partial charge in [0.15, 0.2) is 0 Å². The van der Waals surface area contributed by atoms with Crippen molar-refractivity contribution in [3.05, 3.63) is 36.0 Å². The predicted octanol–water partition coefficient (Wildman–Crippen LogP) is 2.39. The van der Waals surface area contributed by atoms with Gasteiger partial charge in [0.1, 0.15) is 5.82 Å². The van der Waals surface area contributed by atoms with Crippen LogP contribution in [0.4, 0.5) is 10.1 Å². The van der Waals surface area contributed by atoms with Crippen LogP contribution in [-0.2, 0) is 0 Å². The van der Waals surface area contributed by atoms with Crippen molar-refractivity contribution in [2.75, 3.05) is 5.73 Å². The highest BCUT2D eigenvalue weighted by atomic mass is 19.1. The summed E-state index contributed by atoms with van der Waals surface area (Å²) in [7, 11) is 0. The van der Waals surface area contributed by atoms with E-state index in [4.69, 9.17) is 11.1 Å². The third kappa shape index (κ3) is 2.28. The molecule has 0 bridgehead atoms. The van der Waals surface area contributed by atoms with Gasteiger partial charge in [0.05, 0.1) is 0 Å². The first-order valence-corrected chi connectivity index (χ1v) is 4.05. The molecule has 0 atom stereocenters. The van der Waals surface area contributed by atoms with Crippen molar-refractivity contribution in [2.45, 2.75) is 13.3 Å². The van der Waals surface area contributed by atoms with Crippen LogP contribution in [0, 0.1) is 17.6 Å². The number of hydrogen-bond acceptors (Lipinski definition) is 2. The smallest absolute Gasteiger partial charge is 0.134 e. The number of nitrogens with two attached hydrogens (primary N) is 1. The monoisotopic (exact) mass is 179 g/mol. The molecule has 0 heterocycles. The standard InChI is InChI=1S/C10H12FN2/c1-2-3-10(13)8-5-4-7(12)6-9(8)11/h2,4-6,13H,3,12H2,1H3. The van der Waals surface area contributed by atoms with Crippen LogP contribution in [0.15, 0.2) is 18.2 Å². The van der Waals surface area contributed by atoms with Gasteiger partial charge < -0.3 is 11.1 Å². The summed E-state index contributed by atoms with van der Waals surface area (Å²) in [4.78, 5) is 0. The molecule has 0 unspecified atom stereocenters. The molecule has 69 valence electrons. The molecule has 1 aromatic rings. The Kier molecular flexibility index (Phi) is 3.01. The summed E-state index contributed by atoms with van der Waals surface area (Å²) in [6, 6.07) is 4.37. The van der Waals surface area contributed by atoms with E-state index in [2.05, 4.69) is 0 Å². The molecular weight excluding hydrogens is 167 g/mol. The van der Waals surface area contributed by atoms with Crippen LogP contribution in [0.2, 0.25) is 0 Å². The minimum absolute atomic E-state index is 0.278. The van der Waals surface area contributed by atoms with Crippen LogP contribution in [0.1, 0.15) is 18.9 Å². The minimum Gasteiger partial charge on any atom is -0.399 e. The Morgan fingerprint density at radius 2 is 2.31 bits per heavy atom. The molecule has 0 spiro atoms. The molecule has 0 aromatic heterocycles. The Balaban J connectivity index is 2.95. The first kappa shape index (κ1) is 9.71. The average Bonchev–Trinajstić information content (AvgIpc) is 2.04. The summed E-state index contributed by atoms with van der Waals surface area (Å²) in [5, 5.41) is 7.53. The lowest BCUT2D eigenvalue weighted by Crippen LogP contribution is -2.02. The van der Waals surface area contributed by atoms with E-state index >= 15 is 0 Å². The molecule has 0 saturated heterocycles. The van der Waals surface area contributed by atoms with E-state index < -0.39 is 5.82 Å². The van der Waals surface area contributed by atoms with Gasteiger partial charge in [-0.15, -0.1) is 0 Å². The van der Waals surface area contributed by atoms with Crippen LogP contribution in [0.3, 0.4) is 0 Å². The lowest BCUT2D eigenvalue weighted by molar-refractivity contribution is 0.625. The molecule has 0 aliphatic heterocycles. The summed E-state index contributed by atoms with van der Waals surface area (Å²) in [5.41, 5.74) is 6.37. The fraction of sp³-hybridized carbons (Fsp3) is 0.200. The van der Waals surface area contributed by atoms with Gasteiger partial charge in [0.25, 0.3) is 0 Å². The summed E-state index contributed by atoms with van der Waals surface area (Å²) in [6.07, 6.45) is 2.29. The van der Waals surface area contributed by atoms with Crippen molar-refractivity contribution in [3.63, 3.8) is 0 Å². The molecule has 1 radical (unpaired) electrons. The van der Waals surface area contributed by atoms with E-state index in [1.165, 1.54) is 12.1 Å². The number of nitrogens with one attached hydrogen (secondary N) is 1. The predicted molar refractivity (Wildman–Crippen MR) is 52.2 cm³/mol. The van der Waals surface area contributed by atoms with Crippen molar-refractivity contribution in [1.29, 1.82) is 5.41 Å². The molecule has 1 aromatic carbocycles. The second-order valence-corrected chi connectivity index (χ2v) is 2.83. The number of rotatable bonds is 3. The van der Waals surface area contributed by atoms with E-state index in [0.29, 0.717) is 17.7 Å². The Morgan fingerprint density at radius 1 is 1.62 bits per heavy atom. The number of anilines is 1. The summed E-state index contributed by atoms with van der Waals surface area (Å²) in [5.74, 6) is -0.424. The topological polar surface area (TPSA) is 49.9 Å². The van der Waals surface area contributed by atoms with Crippen molar-refractivity contribution in [1.82, 2.24) is 0 Å². The Morgan fingerprint density at radius 3 is 2.85 bits per heavy atom. The van der Waals surface area contributed by atoms with E-state index in [0.717, 1.165) is 0 Å².